The lowest BCUT2D eigenvalue weighted by atomic mass is 10.1. The highest BCUT2D eigenvalue weighted by atomic mass is 35.5. The molecule has 0 radical (unpaired) electrons. The van der Waals surface area contributed by atoms with Crippen LogP contribution in [0.25, 0.3) is 11.3 Å². The van der Waals surface area contributed by atoms with E-state index in [4.69, 9.17) is 5.73 Å². The van der Waals surface area contributed by atoms with Crippen molar-refractivity contribution in [3.8, 4) is 11.3 Å². The van der Waals surface area contributed by atoms with Crippen LogP contribution in [0.3, 0.4) is 0 Å². The van der Waals surface area contributed by atoms with Crippen LogP contribution in [0.2, 0.25) is 0 Å². The van der Waals surface area contributed by atoms with Crippen LogP contribution in [0, 0.1) is 5.82 Å². The van der Waals surface area contributed by atoms with Crippen LogP contribution >= 0.6 is 12.4 Å². The standard InChI is InChI=1S/C18H25FN4O.ClH/c1-13(20)8-9-18(24)23(2)10-4-7-16-12-17(22-21-16)14-5-3-6-15(19)11-14;/h3,5-6,11-13H,4,7-10,20H2,1-2H3,(H,21,22);1H. The minimum atomic E-state index is -0.274. The fraction of sp³-hybridized carbons (Fsp3) is 0.444. The molecule has 1 heterocycles. The molecule has 7 heteroatoms. The summed E-state index contributed by atoms with van der Waals surface area (Å²) < 4.78 is 13.3. The smallest absolute Gasteiger partial charge is 0.222 e. The Labute approximate surface area is 154 Å². The quantitative estimate of drug-likeness (QED) is 0.751. The second-order valence-corrected chi connectivity index (χ2v) is 6.22. The van der Waals surface area contributed by atoms with Crippen molar-refractivity contribution in [3.05, 3.63) is 41.8 Å². The highest BCUT2D eigenvalue weighted by Crippen LogP contribution is 2.19. The largest absolute Gasteiger partial charge is 0.346 e. The van der Waals surface area contributed by atoms with Crippen molar-refractivity contribution in [3.63, 3.8) is 0 Å². The molecule has 0 aliphatic rings. The number of nitrogens with one attached hydrogen (secondary N) is 1. The van der Waals surface area contributed by atoms with E-state index in [9.17, 15) is 9.18 Å². The molecule has 1 aromatic heterocycles. The zero-order valence-electron chi connectivity index (χ0n) is 14.7. The van der Waals surface area contributed by atoms with Gasteiger partial charge in [-0.2, -0.15) is 5.10 Å². The third-order valence-corrected chi connectivity index (χ3v) is 3.93. The van der Waals surface area contributed by atoms with Crippen LogP contribution in [0.15, 0.2) is 30.3 Å². The van der Waals surface area contributed by atoms with Crippen molar-refractivity contribution in [2.45, 2.75) is 38.6 Å². The maximum absolute atomic E-state index is 13.3. The SMILES string of the molecule is CC(N)CCC(=O)N(C)CCCc1cc(-c2cccc(F)c2)n[nH]1.Cl. The van der Waals surface area contributed by atoms with Gasteiger partial charge >= 0.3 is 0 Å². The van der Waals surface area contributed by atoms with Gasteiger partial charge in [0.05, 0.1) is 5.69 Å². The minimum absolute atomic E-state index is 0. The molecule has 3 N–H and O–H groups in total. The first-order chi connectivity index (χ1) is 11.5. The monoisotopic (exact) mass is 368 g/mol. The van der Waals surface area contributed by atoms with Crippen molar-refractivity contribution in [2.75, 3.05) is 13.6 Å². The fourth-order valence-electron chi connectivity index (χ4n) is 2.46. The lowest BCUT2D eigenvalue weighted by molar-refractivity contribution is -0.130. The van der Waals surface area contributed by atoms with Crippen LogP contribution in [-0.2, 0) is 11.2 Å². The number of aryl methyl sites for hydroxylation is 1. The number of H-pyrrole nitrogens is 1. The highest BCUT2D eigenvalue weighted by molar-refractivity contribution is 5.85. The van der Waals surface area contributed by atoms with E-state index in [1.54, 1.807) is 11.0 Å². The van der Waals surface area contributed by atoms with Crippen molar-refractivity contribution in [1.29, 1.82) is 0 Å². The van der Waals surface area contributed by atoms with Gasteiger partial charge in [-0.25, -0.2) is 4.39 Å². The zero-order chi connectivity index (χ0) is 17.5. The molecular formula is C18H26ClFN4O. The Balaban J connectivity index is 0.00000312. The lowest BCUT2D eigenvalue weighted by Crippen LogP contribution is -2.29. The van der Waals surface area contributed by atoms with Gasteiger partial charge in [-0.3, -0.25) is 9.89 Å². The van der Waals surface area contributed by atoms with E-state index in [-0.39, 0.29) is 30.2 Å². The van der Waals surface area contributed by atoms with Crippen molar-refractivity contribution in [1.82, 2.24) is 15.1 Å². The van der Waals surface area contributed by atoms with E-state index < -0.39 is 0 Å². The Kier molecular flexibility index (Phi) is 8.58. The number of aromatic amines is 1. The first-order valence-corrected chi connectivity index (χ1v) is 8.25. The predicted molar refractivity (Wildman–Crippen MR) is 100 cm³/mol. The van der Waals surface area contributed by atoms with Crippen LogP contribution in [0.5, 0.6) is 0 Å². The molecule has 0 saturated heterocycles. The Morgan fingerprint density at radius 1 is 1.40 bits per heavy atom. The van der Waals surface area contributed by atoms with Gasteiger partial charge in [-0.15, -0.1) is 12.4 Å². The molecule has 0 bridgehead atoms. The van der Waals surface area contributed by atoms with E-state index in [0.717, 1.165) is 29.8 Å². The summed E-state index contributed by atoms with van der Waals surface area (Å²) in [5.41, 5.74) is 8.13. The van der Waals surface area contributed by atoms with Gasteiger partial charge in [0.1, 0.15) is 5.82 Å². The fourth-order valence-corrected chi connectivity index (χ4v) is 2.46. The van der Waals surface area contributed by atoms with Gasteiger partial charge in [0.2, 0.25) is 5.91 Å². The maximum atomic E-state index is 13.3. The first-order valence-electron chi connectivity index (χ1n) is 8.25. The van der Waals surface area contributed by atoms with Gasteiger partial charge in [0.25, 0.3) is 0 Å². The Morgan fingerprint density at radius 2 is 2.16 bits per heavy atom. The lowest BCUT2D eigenvalue weighted by Gasteiger charge is -2.17. The summed E-state index contributed by atoms with van der Waals surface area (Å²) in [5, 5.41) is 7.20. The summed E-state index contributed by atoms with van der Waals surface area (Å²) in [4.78, 5) is 13.7. The van der Waals surface area contributed by atoms with Gasteiger partial charge < -0.3 is 10.6 Å². The van der Waals surface area contributed by atoms with E-state index in [2.05, 4.69) is 10.2 Å². The molecular weight excluding hydrogens is 343 g/mol. The summed E-state index contributed by atoms with van der Waals surface area (Å²) in [6.45, 7) is 2.59. The number of carbonyl (C=O) groups excluding carboxylic acids is 1. The van der Waals surface area contributed by atoms with Gasteiger partial charge in [0.15, 0.2) is 0 Å². The van der Waals surface area contributed by atoms with Crippen LogP contribution in [0.4, 0.5) is 4.39 Å². The second-order valence-electron chi connectivity index (χ2n) is 6.22. The highest BCUT2D eigenvalue weighted by Gasteiger charge is 2.10. The summed E-state index contributed by atoms with van der Waals surface area (Å²) in [7, 11) is 1.81. The molecule has 0 aliphatic carbocycles. The van der Waals surface area contributed by atoms with E-state index in [0.29, 0.717) is 19.4 Å². The molecule has 1 atom stereocenters. The number of hydrogen-bond donors (Lipinski definition) is 2. The molecule has 0 spiro atoms. The third-order valence-electron chi connectivity index (χ3n) is 3.93. The molecule has 2 rings (SSSR count). The van der Waals surface area contributed by atoms with Gasteiger partial charge in [-0.05, 0) is 44.4 Å². The first kappa shape index (κ1) is 21.1. The zero-order valence-corrected chi connectivity index (χ0v) is 15.5. The molecule has 0 saturated carbocycles. The van der Waals surface area contributed by atoms with E-state index in [1.807, 2.05) is 26.1 Å². The normalized spacial score (nSPS) is 11.7. The van der Waals surface area contributed by atoms with E-state index >= 15 is 0 Å². The third kappa shape index (κ3) is 6.84. The number of nitrogens with two attached hydrogens (primary N) is 1. The number of rotatable bonds is 8. The molecule has 1 aromatic carbocycles. The molecule has 138 valence electrons. The topological polar surface area (TPSA) is 75.0 Å². The van der Waals surface area contributed by atoms with Crippen LogP contribution in [0.1, 0.15) is 31.9 Å². The Bertz CT molecular complexity index is 675. The number of hydrogen-bond acceptors (Lipinski definition) is 3. The second kappa shape index (κ2) is 10.2. The number of aromatic nitrogens is 2. The molecule has 0 aliphatic heterocycles. The number of carbonyl (C=O) groups is 1. The number of benzene rings is 1. The Morgan fingerprint density at radius 3 is 2.84 bits per heavy atom. The van der Waals surface area contributed by atoms with Crippen molar-refractivity contribution >= 4 is 18.3 Å². The van der Waals surface area contributed by atoms with Crippen LogP contribution in [-0.4, -0.2) is 40.6 Å². The average Bonchev–Trinajstić information content (AvgIpc) is 3.01. The number of halogens is 2. The van der Waals surface area contributed by atoms with Gasteiger partial charge in [0, 0.05) is 37.3 Å². The molecule has 1 amide bonds. The molecule has 0 fully saturated rings. The molecule has 25 heavy (non-hydrogen) atoms. The summed E-state index contributed by atoms with van der Waals surface area (Å²) in [6.07, 6.45) is 2.82. The molecule has 1 unspecified atom stereocenters. The Hall–Kier alpha value is -1.92. The number of nitrogens with zero attached hydrogens (tertiary/aromatic N) is 2. The van der Waals surface area contributed by atoms with Gasteiger partial charge in [-0.1, -0.05) is 12.1 Å². The average molecular weight is 369 g/mol. The summed E-state index contributed by atoms with van der Waals surface area (Å²) in [5.74, 6) is -0.152. The maximum Gasteiger partial charge on any atom is 0.222 e. The summed E-state index contributed by atoms with van der Waals surface area (Å²) >= 11 is 0. The summed E-state index contributed by atoms with van der Waals surface area (Å²) in [6, 6.07) is 8.34. The minimum Gasteiger partial charge on any atom is -0.346 e. The number of amides is 1. The van der Waals surface area contributed by atoms with Crippen molar-refractivity contribution < 1.29 is 9.18 Å². The predicted octanol–water partition coefficient (Wildman–Crippen LogP) is 3.16. The molecule has 5 nitrogen and oxygen atoms in total. The van der Waals surface area contributed by atoms with E-state index in [1.165, 1.54) is 12.1 Å². The van der Waals surface area contributed by atoms with Crippen LogP contribution < -0.4 is 5.73 Å². The molecule has 2 aromatic rings. The van der Waals surface area contributed by atoms with Crippen molar-refractivity contribution in [2.24, 2.45) is 5.73 Å².